The van der Waals surface area contributed by atoms with E-state index >= 15 is 0 Å². The molecule has 6 nitrogen and oxygen atoms in total. The average Bonchev–Trinajstić information content (AvgIpc) is 3.19. The molecule has 7 heteroatoms. The van der Waals surface area contributed by atoms with Gasteiger partial charge in [-0.05, 0) is 34.9 Å². The number of hydrogen-bond donors (Lipinski definition) is 2. The van der Waals surface area contributed by atoms with E-state index in [2.05, 4.69) is 10.6 Å². The summed E-state index contributed by atoms with van der Waals surface area (Å²) in [5, 5.41) is 9.05. The second-order valence-corrected chi connectivity index (χ2v) is 6.50. The van der Waals surface area contributed by atoms with Gasteiger partial charge < -0.3 is 10.6 Å². The molecule has 1 fully saturated rings. The number of carbonyl (C=O) groups excluding carboxylic acids is 3. The van der Waals surface area contributed by atoms with Crippen LogP contribution in [0.25, 0.3) is 0 Å². The smallest absolute Gasteiger partial charge is 0.325 e. The minimum absolute atomic E-state index is 0.294. The van der Waals surface area contributed by atoms with Gasteiger partial charge >= 0.3 is 6.03 Å². The van der Waals surface area contributed by atoms with Crippen molar-refractivity contribution in [1.82, 2.24) is 15.5 Å². The predicted molar refractivity (Wildman–Crippen MR) is 90.2 cm³/mol. The molecule has 0 unspecified atom stereocenters. The van der Waals surface area contributed by atoms with Gasteiger partial charge in [-0.25, -0.2) is 4.79 Å². The number of amides is 4. The zero-order valence-corrected chi connectivity index (χ0v) is 13.9. The molecule has 3 rings (SSSR count). The Morgan fingerprint density at radius 2 is 2.00 bits per heavy atom. The molecule has 1 aromatic carbocycles. The summed E-state index contributed by atoms with van der Waals surface area (Å²) in [7, 11) is 0. The fourth-order valence-electron chi connectivity index (χ4n) is 2.58. The molecule has 0 radical (unpaired) electrons. The molecule has 2 heterocycles. The maximum Gasteiger partial charge on any atom is 0.325 e. The minimum Gasteiger partial charge on any atom is -0.350 e. The van der Waals surface area contributed by atoms with Crippen molar-refractivity contribution in [3.8, 4) is 0 Å². The minimum atomic E-state index is -1.11. The molecular weight excluding hydrogens is 326 g/mol. The number of rotatable bonds is 5. The third-order valence-corrected chi connectivity index (χ3v) is 4.69. The molecule has 1 atom stereocenters. The van der Waals surface area contributed by atoms with Crippen LogP contribution in [0.1, 0.15) is 18.1 Å². The maximum atomic E-state index is 12.6. The first-order chi connectivity index (χ1) is 11.5. The molecule has 0 bridgehead atoms. The first-order valence-corrected chi connectivity index (χ1v) is 8.42. The van der Waals surface area contributed by atoms with Crippen LogP contribution >= 0.6 is 11.3 Å². The van der Waals surface area contributed by atoms with Crippen LogP contribution in [0.4, 0.5) is 4.79 Å². The van der Waals surface area contributed by atoms with Crippen molar-refractivity contribution >= 4 is 29.2 Å². The lowest BCUT2D eigenvalue weighted by Crippen LogP contribution is -2.43. The summed E-state index contributed by atoms with van der Waals surface area (Å²) in [6.07, 6.45) is 0. The summed E-state index contributed by atoms with van der Waals surface area (Å²) in [5.74, 6) is -0.794. The van der Waals surface area contributed by atoms with E-state index in [-0.39, 0.29) is 12.5 Å². The van der Waals surface area contributed by atoms with Crippen molar-refractivity contribution in [1.29, 1.82) is 0 Å². The van der Waals surface area contributed by atoms with Crippen LogP contribution < -0.4 is 10.6 Å². The Morgan fingerprint density at radius 3 is 2.67 bits per heavy atom. The first-order valence-electron chi connectivity index (χ1n) is 7.48. The zero-order valence-electron chi connectivity index (χ0n) is 13.1. The first kappa shape index (κ1) is 16.2. The third kappa shape index (κ3) is 3.03. The van der Waals surface area contributed by atoms with Gasteiger partial charge in [-0.1, -0.05) is 30.3 Å². The highest BCUT2D eigenvalue weighted by atomic mass is 32.1. The Bertz CT molecular complexity index is 761. The van der Waals surface area contributed by atoms with E-state index in [0.717, 1.165) is 16.0 Å². The Morgan fingerprint density at radius 1 is 1.25 bits per heavy atom. The number of carbonyl (C=O) groups is 3. The van der Waals surface area contributed by atoms with Crippen molar-refractivity contribution in [2.24, 2.45) is 0 Å². The Labute approximate surface area is 143 Å². The number of hydrogen-bond acceptors (Lipinski definition) is 4. The third-order valence-electron chi connectivity index (χ3n) is 4.01. The predicted octanol–water partition coefficient (Wildman–Crippen LogP) is 1.83. The second kappa shape index (κ2) is 6.45. The number of nitrogens with zero attached hydrogens (tertiary/aromatic N) is 1. The van der Waals surface area contributed by atoms with Crippen LogP contribution in [-0.2, 0) is 21.7 Å². The molecule has 0 aliphatic carbocycles. The summed E-state index contributed by atoms with van der Waals surface area (Å²) in [6.45, 7) is 1.71. The van der Waals surface area contributed by atoms with Crippen LogP contribution in [0, 0.1) is 0 Å². The Kier molecular flexibility index (Phi) is 4.35. The molecule has 2 N–H and O–H groups in total. The normalized spacial score (nSPS) is 20.1. The van der Waals surface area contributed by atoms with Crippen molar-refractivity contribution < 1.29 is 14.4 Å². The molecule has 0 spiro atoms. The monoisotopic (exact) mass is 343 g/mol. The van der Waals surface area contributed by atoms with Crippen LogP contribution in [-0.4, -0.2) is 29.3 Å². The molecule has 1 aromatic heterocycles. The number of nitrogens with one attached hydrogen (secondary N) is 2. The number of benzene rings is 1. The molecule has 2 aromatic rings. The summed E-state index contributed by atoms with van der Waals surface area (Å²) >= 11 is 1.45. The van der Waals surface area contributed by atoms with Crippen molar-refractivity contribution in [2.75, 3.05) is 6.54 Å². The molecule has 124 valence electrons. The van der Waals surface area contributed by atoms with Crippen molar-refractivity contribution in [3.63, 3.8) is 0 Å². The molecule has 24 heavy (non-hydrogen) atoms. The number of imide groups is 1. The van der Waals surface area contributed by atoms with Crippen LogP contribution in [0.3, 0.4) is 0 Å². The number of thiophene rings is 1. The van der Waals surface area contributed by atoms with Gasteiger partial charge in [0.1, 0.15) is 12.1 Å². The van der Waals surface area contributed by atoms with Crippen LogP contribution in [0.15, 0.2) is 47.2 Å². The molecule has 4 amide bonds. The lowest BCUT2D eigenvalue weighted by molar-refractivity contribution is -0.134. The highest BCUT2D eigenvalue weighted by molar-refractivity contribution is 7.08. The fraction of sp³-hybridized carbons (Fsp3) is 0.235. The van der Waals surface area contributed by atoms with Gasteiger partial charge in [-0.3, -0.25) is 14.5 Å². The summed E-state index contributed by atoms with van der Waals surface area (Å²) in [4.78, 5) is 37.8. The van der Waals surface area contributed by atoms with Crippen molar-refractivity contribution in [2.45, 2.75) is 19.0 Å². The second-order valence-electron chi connectivity index (χ2n) is 5.72. The lowest BCUT2D eigenvalue weighted by atomic mass is 9.95. The SMILES string of the molecule is C[C@@]1(c2ccsc2)NC(=O)N(CC(=O)NCc2ccccc2)C1=O. The van der Waals surface area contributed by atoms with Crippen LogP contribution in [0.2, 0.25) is 0 Å². The van der Waals surface area contributed by atoms with Crippen molar-refractivity contribution in [3.05, 3.63) is 58.3 Å². The van der Waals surface area contributed by atoms with E-state index in [1.165, 1.54) is 11.3 Å². The van der Waals surface area contributed by atoms with Gasteiger partial charge in [0.15, 0.2) is 0 Å². The molecular formula is C17H17N3O3S. The van der Waals surface area contributed by atoms with Gasteiger partial charge in [0, 0.05) is 6.54 Å². The molecule has 1 saturated heterocycles. The summed E-state index contributed by atoms with van der Waals surface area (Å²) in [5.41, 5.74) is 0.556. The van der Waals surface area contributed by atoms with E-state index in [9.17, 15) is 14.4 Å². The topological polar surface area (TPSA) is 78.5 Å². The maximum absolute atomic E-state index is 12.6. The van der Waals surface area contributed by atoms with E-state index in [1.54, 1.807) is 13.0 Å². The van der Waals surface area contributed by atoms with E-state index < -0.39 is 17.5 Å². The summed E-state index contributed by atoms with van der Waals surface area (Å²) in [6, 6.07) is 10.7. The summed E-state index contributed by atoms with van der Waals surface area (Å²) < 4.78 is 0. The average molecular weight is 343 g/mol. The molecule has 1 aliphatic heterocycles. The Balaban J connectivity index is 1.64. The lowest BCUT2D eigenvalue weighted by Gasteiger charge is -2.20. The molecule has 0 saturated carbocycles. The molecule has 1 aliphatic rings. The fourth-order valence-corrected chi connectivity index (χ4v) is 3.35. The van der Waals surface area contributed by atoms with Gasteiger partial charge in [0.05, 0.1) is 0 Å². The quantitative estimate of drug-likeness (QED) is 0.813. The highest BCUT2D eigenvalue weighted by Gasteiger charge is 2.49. The Hall–Kier alpha value is -2.67. The zero-order chi connectivity index (χ0) is 17.2. The van der Waals surface area contributed by atoms with Gasteiger partial charge in [0.25, 0.3) is 5.91 Å². The van der Waals surface area contributed by atoms with E-state index in [0.29, 0.717) is 6.54 Å². The van der Waals surface area contributed by atoms with E-state index in [1.807, 2.05) is 41.1 Å². The number of urea groups is 1. The van der Waals surface area contributed by atoms with Gasteiger partial charge in [-0.15, -0.1) is 0 Å². The van der Waals surface area contributed by atoms with Gasteiger partial charge in [-0.2, -0.15) is 11.3 Å². The van der Waals surface area contributed by atoms with Crippen LogP contribution in [0.5, 0.6) is 0 Å². The standard InChI is InChI=1S/C17H17N3O3S/c1-17(13-7-8-24-11-13)15(22)20(16(23)19-17)10-14(21)18-9-12-5-3-2-4-6-12/h2-8,11H,9-10H2,1H3,(H,18,21)(H,19,23)/t17-/m0/s1. The highest BCUT2D eigenvalue weighted by Crippen LogP contribution is 2.29. The van der Waals surface area contributed by atoms with Gasteiger partial charge in [0.2, 0.25) is 5.91 Å². The largest absolute Gasteiger partial charge is 0.350 e. The van der Waals surface area contributed by atoms with E-state index in [4.69, 9.17) is 0 Å².